The molecule has 0 bridgehead atoms. The van der Waals surface area contributed by atoms with E-state index >= 15 is 0 Å². The van der Waals surface area contributed by atoms with Gasteiger partial charge in [-0.25, -0.2) is 0 Å². The number of nitrogens with zero attached hydrogens (tertiary/aromatic N) is 2. The van der Waals surface area contributed by atoms with Gasteiger partial charge in [0.15, 0.2) is 6.61 Å². The van der Waals surface area contributed by atoms with E-state index in [1.54, 1.807) is 15.9 Å². The van der Waals surface area contributed by atoms with Crippen molar-refractivity contribution >= 4 is 17.8 Å². The van der Waals surface area contributed by atoms with E-state index in [9.17, 15) is 14.4 Å². The molecule has 1 aliphatic rings. The zero-order valence-electron chi connectivity index (χ0n) is 13.7. The van der Waals surface area contributed by atoms with Gasteiger partial charge >= 0.3 is 5.97 Å². The first-order valence-electron chi connectivity index (χ1n) is 7.92. The molecule has 0 atom stereocenters. The van der Waals surface area contributed by atoms with E-state index in [4.69, 9.17) is 9.84 Å². The zero-order chi connectivity index (χ0) is 17.5. The minimum absolute atomic E-state index is 0.000249. The number of carboxylic acid groups (broad SMARTS) is 1. The van der Waals surface area contributed by atoms with Gasteiger partial charge in [-0.15, -0.1) is 0 Å². The molecule has 1 saturated heterocycles. The Morgan fingerprint density at radius 2 is 1.67 bits per heavy atom. The van der Waals surface area contributed by atoms with E-state index in [0.29, 0.717) is 31.9 Å². The van der Waals surface area contributed by atoms with Crippen molar-refractivity contribution < 1.29 is 24.2 Å². The van der Waals surface area contributed by atoms with Crippen LogP contribution in [0.3, 0.4) is 0 Å². The van der Waals surface area contributed by atoms with Crippen LogP contribution in [-0.4, -0.2) is 65.5 Å². The first-order chi connectivity index (χ1) is 11.5. The number of aliphatic carboxylic acids is 1. The van der Waals surface area contributed by atoms with Gasteiger partial charge in [-0.2, -0.15) is 0 Å². The van der Waals surface area contributed by atoms with Crippen LogP contribution in [0.15, 0.2) is 24.3 Å². The van der Waals surface area contributed by atoms with Crippen LogP contribution in [-0.2, 0) is 14.4 Å². The average molecular weight is 334 g/mol. The Hall–Kier alpha value is -2.57. The molecule has 0 radical (unpaired) electrons. The third kappa shape index (κ3) is 5.26. The minimum Gasteiger partial charge on any atom is -0.484 e. The molecular weight excluding hydrogens is 312 g/mol. The molecule has 1 N–H and O–H groups in total. The number of carbonyl (C=O) groups excluding carboxylic acids is 2. The highest BCUT2D eigenvalue weighted by molar-refractivity contribution is 5.81. The minimum atomic E-state index is -0.981. The highest BCUT2D eigenvalue weighted by atomic mass is 16.5. The maximum absolute atomic E-state index is 12.2. The number of carbonyl (C=O) groups is 3. The lowest BCUT2D eigenvalue weighted by atomic mass is 10.2. The molecule has 0 saturated carbocycles. The first-order valence-corrected chi connectivity index (χ1v) is 7.92. The van der Waals surface area contributed by atoms with Crippen molar-refractivity contribution in [1.82, 2.24) is 9.80 Å². The molecular formula is C17H22N2O5. The molecule has 24 heavy (non-hydrogen) atoms. The van der Waals surface area contributed by atoms with Gasteiger partial charge in [0, 0.05) is 32.6 Å². The topological polar surface area (TPSA) is 87.2 Å². The SMILES string of the molecule is Cc1cccc(OCC(=O)N2CCN(C(=O)CCC(=O)O)CC2)c1. The molecule has 130 valence electrons. The van der Waals surface area contributed by atoms with Crippen molar-refractivity contribution in [3.63, 3.8) is 0 Å². The van der Waals surface area contributed by atoms with Crippen LogP contribution < -0.4 is 4.74 Å². The highest BCUT2D eigenvalue weighted by Crippen LogP contribution is 2.13. The zero-order valence-corrected chi connectivity index (χ0v) is 13.7. The van der Waals surface area contributed by atoms with Crippen molar-refractivity contribution in [3.05, 3.63) is 29.8 Å². The Balaban J connectivity index is 1.74. The van der Waals surface area contributed by atoms with E-state index in [1.807, 2.05) is 25.1 Å². The van der Waals surface area contributed by atoms with Crippen molar-refractivity contribution in [2.24, 2.45) is 0 Å². The van der Waals surface area contributed by atoms with Crippen molar-refractivity contribution in [2.75, 3.05) is 32.8 Å². The maximum Gasteiger partial charge on any atom is 0.303 e. The summed E-state index contributed by atoms with van der Waals surface area (Å²) in [5.74, 6) is -0.619. The van der Waals surface area contributed by atoms with Crippen molar-refractivity contribution in [2.45, 2.75) is 19.8 Å². The van der Waals surface area contributed by atoms with Gasteiger partial charge in [0.2, 0.25) is 5.91 Å². The molecule has 0 aliphatic carbocycles. The summed E-state index contributed by atoms with van der Waals surface area (Å²) < 4.78 is 5.50. The number of ether oxygens (including phenoxy) is 1. The average Bonchev–Trinajstić information content (AvgIpc) is 2.57. The van der Waals surface area contributed by atoms with Crippen LogP contribution in [0, 0.1) is 6.92 Å². The molecule has 1 fully saturated rings. The Morgan fingerprint density at radius 1 is 1.04 bits per heavy atom. The molecule has 7 nitrogen and oxygen atoms in total. The second-order valence-electron chi connectivity index (χ2n) is 5.76. The lowest BCUT2D eigenvalue weighted by molar-refractivity contribution is -0.143. The number of benzene rings is 1. The van der Waals surface area contributed by atoms with Gasteiger partial charge in [-0.3, -0.25) is 14.4 Å². The molecule has 1 aliphatic heterocycles. The van der Waals surface area contributed by atoms with Gasteiger partial charge < -0.3 is 19.6 Å². The Bertz CT molecular complexity index is 609. The van der Waals surface area contributed by atoms with E-state index in [-0.39, 0.29) is 31.3 Å². The van der Waals surface area contributed by atoms with Gasteiger partial charge in [0.25, 0.3) is 5.91 Å². The van der Waals surface area contributed by atoms with Crippen LogP contribution in [0.25, 0.3) is 0 Å². The summed E-state index contributed by atoms with van der Waals surface area (Å²) in [5, 5.41) is 8.61. The van der Waals surface area contributed by atoms with E-state index < -0.39 is 5.97 Å². The van der Waals surface area contributed by atoms with Gasteiger partial charge in [0.05, 0.1) is 6.42 Å². The molecule has 7 heteroatoms. The second-order valence-corrected chi connectivity index (χ2v) is 5.76. The number of carboxylic acids is 1. The standard InChI is InChI=1S/C17H22N2O5/c1-13-3-2-4-14(11-13)24-12-16(21)19-9-7-18(8-10-19)15(20)5-6-17(22)23/h2-4,11H,5-10,12H2,1H3,(H,22,23). The van der Waals surface area contributed by atoms with Crippen LogP contribution >= 0.6 is 0 Å². The second kappa shape index (κ2) is 8.33. The van der Waals surface area contributed by atoms with Crippen LogP contribution in [0.2, 0.25) is 0 Å². The van der Waals surface area contributed by atoms with Crippen LogP contribution in [0.1, 0.15) is 18.4 Å². The largest absolute Gasteiger partial charge is 0.484 e. The molecule has 2 amide bonds. The van der Waals surface area contributed by atoms with Gasteiger partial charge in [-0.1, -0.05) is 12.1 Å². The predicted octanol–water partition coefficient (Wildman–Crippen LogP) is 0.909. The molecule has 1 aromatic carbocycles. The summed E-state index contributed by atoms with van der Waals surface area (Å²) in [6, 6.07) is 7.50. The monoisotopic (exact) mass is 334 g/mol. The quantitative estimate of drug-likeness (QED) is 0.835. The molecule has 0 spiro atoms. The van der Waals surface area contributed by atoms with Crippen LogP contribution in [0.4, 0.5) is 0 Å². The Labute approximate surface area is 140 Å². The number of hydrogen-bond donors (Lipinski definition) is 1. The first kappa shape index (κ1) is 17.8. The van der Waals surface area contributed by atoms with E-state index in [1.165, 1.54) is 0 Å². The highest BCUT2D eigenvalue weighted by Gasteiger charge is 2.24. The summed E-state index contributed by atoms with van der Waals surface area (Å²) in [6.07, 6.45) is -0.165. The fourth-order valence-electron chi connectivity index (χ4n) is 2.52. The Kier molecular flexibility index (Phi) is 6.17. The van der Waals surface area contributed by atoms with Crippen molar-refractivity contribution in [1.29, 1.82) is 0 Å². The third-order valence-corrected chi connectivity index (χ3v) is 3.89. The lowest BCUT2D eigenvalue weighted by Crippen LogP contribution is -2.51. The third-order valence-electron chi connectivity index (χ3n) is 3.89. The van der Waals surface area contributed by atoms with Gasteiger partial charge in [0.1, 0.15) is 5.75 Å². The van der Waals surface area contributed by atoms with E-state index in [2.05, 4.69) is 0 Å². The number of piperazine rings is 1. The summed E-state index contributed by atoms with van der Waals surface area (Å²) >= 11 is 0. The fourth-order valence-corrected chi connectivity index (χ4v) is 2.52. The number of aryl methyl sites for hydroxylation is 1. The van der Waals surface area contributed by atoms with Crippen LogP contribution in [0.5, 0.6) is 5.75 Å². The summed E-state index contributed by atoms with van der Waals surface area (Å²) in [5.41, 5.74) is 1.06. The Morgan fingerprint density at radius 3 is 2.25 bits per heavy atom. The predicted molar refractivity (Wildman–Crippen MR) is 86.7 cm³/mol. The van der Waals surface area contributed by atoms with Gasteiger partial charge in [-0.05, 0) is 24.6 Å². The smallest absolute Gasteiger partial charge is 0.303 e. The molecule has 0 aromatic heterocycles. The number of amides is 2. The summed E-state index contributed by atoms with van der Waals surface area (Å²) in [4.78, 5) is 37.8. The molecule has 1 heterocycles. The molecule has 2 rings (SSSR count). The molecule has 0 unspecified atom stereocenters. The summed E-state index contributed by atoms with van der Waals surface area (Å²) in [6.45, 7) is 3.65. The van der Waals surface area contributed by atoms with E-state index in [0.717, 1.165) is 5.56 Å². The number of rotatable bonds is 6. The summed E-state index contributed by atoms with van der Waals surface area (Å²) in [7, 11) is 0. The number of hydrogen-bond acceptors (Lipinski definition) is 4. The maximum atomic E-state index is 12.2. The lowest BCUT2D eigenvalue weighted by Gasteiger charge is -2.34. The molecule has 1 aromatic rings. The van der Waals surface area contributed by atoms with Crippen molar-refractivity contribution in [3.8, 4) is 5.75 Å². The normalized spacial score (nSPS) is 14.4. The fraction of sp³-hybridized carbons (Fsp3) is 0.471.